The molecule has 3 amide bonds. The van der Waals surface area contributed by atoms with Crippen LogP contribution in [0.25, 0.3) is 0 Å². The van der Waals surface area contributed by atoms with Crippen LogP contribution in [0.2, 0.25) is 0 Å². The van der Waals surface area contributed by atoms with Crippen molar-refractivity contribution < 1.29 is 14.4 Å². The third kappa shape index (κ3) is 3.88. The van der Waals surface area contributed by atoms with Crippen molar-refractivity contribution in [1.82, 2.24) is 4.90 Å². The Kier molecular flexibility index (Phi) is 5.03. The quantitative estimate of drug-likeness (QED) is 0.883. The number of amides is 3. The molecule has 0 bridgehead atoms. The van der Waals surface area contributed by atoms with Gasteiger partial charge in [-0.05, 0) is 23.6 Å². The molecule has 124 valence electrons. The molecule has 6 heteroatoms. The van der Waals surface area contributed by atoms with Crippen molar-refractivity contribution in [3.05, 3.63) is 29.8 Å². The van der Waals surface area contributed by atoms with Gasteiger partial charge < -0.3 is 15.5 Å². The van der Waals surface area contributed by atoms with Gasteiger partial charge in [-0.2, -0.15) is 0 Å². The van der Waals surface area contributed by atoms with Gasteiger partial charge >= 0.3 is 0 Å². The molecule has 1 fully saturated rings. The van der Waals surface area contributed by atoms with Crippen LogP contribution in [0.15, 0.2) is 24.3 Å². The van der Waals surface area contributed by atoms with Gasteiger partial charge in [-0.25, -0.2) is 0 Å². The van der Waals surface area contributed by atoms with Crippen molar-refractivity contribution in [1.29, 1.82) is 0 Å². The van der Waals surface area contributed by atoms with E-state index in [1.54, 1.807) is 4.90 Å². The first-order valence-electron chi connectivity index (χ1n) is 7.73. The standard InChI is InChI=1S/C17H23N3O3/c1-11(2)12-5-4-6-14(7-12)20-9-13(8-16(20)22)17(23)19(3)10-15(18)21/h4-7,11,13H,8-10H2,1-3H3,(H2,18,21). The van der Waals surface area contributed by atoms with Crippen molar-refractivity contribution in [2.24, 2.45) is 11.7 Å². The second-order valence-electron chi connectivity index (χ2n) is 6.32. The number of benzene rings is 1. The number of nitrogens with two attached hydrogens (primary N) is 1. The lowest BCUT2D eigenvalue weighted by molar-refractivity contribution is -0.137. The van der Waals surface area contributed by atoms with E-state index in [2.05, 4.69) is 13.8 Å². The number of nitrogens with zero attached hydrogens (tertiary/aromatic N) is 2. The zero-order chi connectivity index (χ0) is 17.1. The van der Waals surface area contributed by atoms with Crippen LogP contribution in [0.5, 0.6) is 0 Å². The Morgan fingerprint density at radius 2 is 2.09 bits per heavy atom. The summed E-state index contributed by atoms with van der Waals surface area (Å²) in [5.41, 5.74) is 7.07. The van der Waals surface area contributed by atoms with Gasteiger partial charge in [0.1, 0.15) is 0 Å². The summed E-state index contributed by atoms with van der Waals surface area (Å²) in [5.74, 6) is -0.926. The van der Waals surface area contributed by atoms with E-state index >= 15 is 0 Å². The van der Waals surface area contributed by atoms with E-state index in [4.69, 9.17) is 5.73 Å². The van der Waals surface area contributed by atoms with E-state index < -0.39 is 11.8 Å². The average Bonchev–Trinajstić information content (AvgIpc) is 2.87. The zero-order valence-corrected chi connectivity index (χ0v) is 13.8. The van der Waals surface area contributed by atoms with E-state index in [-0.39, 0.29) is 24.8 Å². The molecule has 0 spiro atoms. The Morgan fingerprint density at radius 1 is 1.39 bits per heavy atom. The van der Waals surface area contributed by atoms with E-state index in [1.165, 1.54) is 11.9 Å². The van der Waals surface area contributed by atoms with E-state index in [1.807, 2.05) is 24.3 Å². The van der Waals surface area contributed by atoms with Crippen LogP contribution >= 0.6 is 0 Å². The second kappa shape index (κ2) is 6.81. The van der Waals surface area contributed by atoms with Crippen LogP contribution in [0.3, 0.4) is 0 Å². The molecule has 2 N–H and O–H groups in total. The summed E-state index contributed by atoms with van der Waals surface area (Å²) in [4.78, 5) is 38.5. The molecule has 0 radical (unpaired) electrons. The Bertz CT molecular complexity index is 627. The minimum atomic E-state index is -0.563. The highest BCUT2D eigenvalue weighted by molar-refractivity contribution is 6.00. The largest absolute Gasteiger partial charge is 0.368 e. The van der Waals surface area contributed by atoms with Gasteiger partial charge in [0.05, 0.1) is 12.5 Å². The number of likely N-dealkylation sites (N-methyl/N-ethyl adjacent to an activating group) is 1. The number of carbonyl (C=O) groups excluding carboxylic acids is 3. The topological polar surface area (TPSA) is 83.7 Å². The third-order valence-corrected chi connectivity index (χ3v) is 4.09. The molecule has 2 rings (SSSR count). The number of primary amides is 1. The highest BCUT2D eigenvalue weighted by Gasteiger charge is 2.36. The minimum absolute atomic E-state index is 0.0725. The lowest BCUT2D eigenvalue weighted by atomic mass is 10.0. The van der Waals surface area contributed by atoms with E-state index in [0.29, 0.717) is 12.5 Å². The summed E-state index contributed by atoms with van der Waals surface area (Å²) in [6.45, 7) is 4.39. The average molecular weight is 317 g/mol. The zero-order valence-electron chi connectivity index (χ0n) is 13.8. The second-order valence-corrected chi connectivity index (χ2v) is 6.32. The first kappa shape index (κ1) is 17.0. The molecule has 1 heterocycles. The van der Waals surface area contributed by atoms with Crippen molar-refractivity contribution in [3.8, 4) is 0 Å². The molecule has 0 aromatic heterocycles. The molecular formula is C17H23N3O3. The van der Waals surface area contributed by atoms with E-state index in [9.17, 15) is 14.4 Å². The van der Waals surface area contributed by atoms with Crippen molar-refractivity contribution in [3.63, 3.8) is 0 Å². The number of rotatable bonds is 5. The number of carbonyl (C=O) groups is 3. The first-order chi connectivity index (χ1) is 10.8. The third-order valence-electron chi connectivity index (χ3n) is 4.09. The van der Waals surface area contributed by atoms with Crippen LogP contribution < -0.4 is 10.6 Å². The molecule has 1 aliphatic rings. The Labute approximate surface area is 136 Å². The van der Waals surface area contributed by atoms with Gasteiger partial charge in [-0.15, -0.1) is 0 Å². The molecule has 1 aromatic rings. The predicted octanol–water partition coefficient (Wildman–Crippen LogP) is 1.11. The number of hydrogen-bond donors (Lipinski definition) is 1. The van der Waals surface area contributed by atoms with E-state index in [0.717, 1.165) is 11.3 Å². The van der Waals surface area contributed by atoms with Crippen LogP contribution in [-0.4, -0.2) is 42.8 Å². The fourth-order valence-electron chi connectivity index (χ4n) is 2.80. The maximum Gasteiger partial charge on any atom is 0.237 e. The Hall–Kier alpha value is -2.37. The smallest absolute Gasteiger partial charge is 0.237 e. The van der Waals surface area contributed by atoms with Crippen molar-refractivity contribution in [2.45, 2.75) is 26.2 Å². The van der Waals surface area contributed by atoms with Gasteiger partial charge in [-0.1, -0.05) is 26.0 Å². The molecule has 1 aliphatic heterocycles. The van der Waals surface area contributed by atoms with Crippen LogP contribution in [0.1, 0.15) is 31.7 Å². The van der Waals surface area contributed by atoms with Crippen molar-refractivity contribution >= 4 is 23.4 Å². The normalized spacial score (nSPS) is 17.7. The maximum absolute atomic E-state index is 12.3. The molecular weight excluding hydrogens is 294 g/mol. The Morgan fingerprint density at radius 3 is 2.70 bits per heavy atom. The van der Waals surface area contributed by atoms with Crippen LogP contribution in [0, 0.1) is 5.92 Å². The fraction of sp³-hybridized carbons (Fsp3) is 0.471. The summed E-state index contributed by atoms with van der Waals surface area (Å²) in [6.07, 6.45) is 0.161. The van der Waals surface area contributed by atoms with Gasteiger partial charge in [-0.3, -0.25) is 14.4 Å². The monoisotopic (exact) mass is 317 g/mol. The number of hydrogen-bond acceptors (Lipinski definition) is 3. The molecule has 1 saturated heterocycles. The predicted molar refractivity (Wildman–Crippen MR) is 87.8 cm³/mol. The summed E-state index contributed by atoms with van der Waals surface area (Å²) >= 11 is 0. The van der Waals surface area contributed by atoms with Gasteiger partial charge in [0.2, 0.25) is 17.7 Å². The van der Waals surface area contributed by atoms with Crippen LogP contribution in [-0.2, 0) is 14.4 Å². The molecule has 1 unspecified atom stereocenters. The fourth-order valence-corrected chi connectivity index (χ4v) is 2.80. The highest BCUT2D eigenvalue weighted by Crippen LogP contribution is 2.28. The minimum Gasteiger partial charge on any atom is -0.368 e. The van der Waals surface area contributed by atoms with Gasteiger partial charge in [0, 0.05) is 25.7 Å². The van der Waals surface area contributed by atoms with Gasteiger partial charge in [0.15, 0.2) is 0 Å². The van der Waals surface area contributed by atoms with Gasteiger partial charge in [0.25, 0.3) is 0 Å². The van der Waals surface area contributed by atoms with Crippen molar-refractivity contribution in [2.75, 3.05) is 25.0 Å². The summed E-state index contributed by atoms with van der Waals surface area (Å²) < 4.78 is 0. The lowest BCUT2D eigenvalue weighted by Gasteiger charge is -2.21. The Balaban J connectivity index is 2.12. The number of anilines is 1. The molecule has 1 aromatic carbocycles. The SMILES string of the molecule is CC(C)c1cccc(N2CC(C(=O)N(C)CC(N)=O)CC2=O)c1. The first-order valence-corrected chi connectivity index (χ1v) is 7.73. The molecule has 0 aliphatic carbocycles. The highest BCUT2D eigenvalue weighted by atomic mass is 16.2. The molecule has 1 atom stereocenters. The molecule has 23 heavy (non-hydrogen) atoms. The summed E-state index contributed by atoms with van der Waals surface area (Å²) in [6, 6.07) is 7.82. The maximum atomic E-state index is 12.3. The molecule has 6 nitrogen and oxygen atoms in total. The summed E-state index contributed by atoms with van der Waals surface area (Å²) in [7, 11) is 1.53. The molecule has 0 saturated carbocycles. The summed E-state index contributed by atoms with van der Waals surface area (Å²) in [5, 5.41) is 0. The van der Waals surface area contributed by atoms with Crippen LogP contribution in [0.4, 0.5) is 5.69 Å². The lowest BCUT2D eigenvalue weighted by Crippen LogP contribution is -2.39.